The second-order valence-corrected chi connectivity index (χ2v) is 5.44. The van der Waals surface area contributed by atoms with Gasteiger partial charge in [-0.05, 0) is 18.8 Å². The third-order valence-corrected chi connectivity index (χ3v) is 3.50. The van der Waals surface area contributed by atoms with Crippen molar-refractivity contribution in [2.24, 2.45) is 5.92 Å². The van der Waals surface area contributed by atoms with E-state index in [9.17, 15) is 4.79 Å². The summed E-state index contributed by atoms with van der Waals surface area (Å²) in [6.07, 6.45) is 5.03. The molecule has 2 amide bonds. The molecule has 1 aliphatic heterocycles. The summed E-state index contributed by atoms with van der Waals surface area (Å²) < 4.78 is 5.28. The van der Waals surface area contributed by atoms with Crippen LogP contribution in [0.2, 0.25) is 0 Å². The van der Waals surface area contributed by atoms with Gasteiger partial charge in [-0.2, -0.15) is 15.0 Å². The average molecular weight is 281 g/mol. The van der Waals surface area contributed by atoms with Gasteiger partial charge in [-0.25, -0.2) is 4.79 Å². The second-order valence-electron chi connectivity index (χ2n) is 5.44. The third-order valence-electron chi connectivity index (χ3n) is 3.50. The number of carbonyl (C=O) groups is 1. The van der Waals surface area contributed by atoms with Crippen molar-refractivity contribution >= 4 is 6.03 Å². The van der Waals surface area contributed by atoms with E-state index in [2.05, 4.69) is 34.7 Å². The number of rotatable bonds is 5. The zero-order valence-electron chi connectivity index (χ0n) is 12.1. The van der Waals surface area contributed by atoms with Crippen LogP contribution in [0.3, 0.4) is 0 Å². The van der Waals surface area contributed by atoms with E-state index in [-0.39, 0.29) is 18.1 Å². The molecule has 0 radical (unpaired) electrons. The maximum atomic E-state index is 12.0. The van der Waals surface area contributed by atoms with Crippen LogP contribution in [-0.4, -0.2) is 46.3 Å². The minimum Gasteiger partial charge on any atom is -0.381 e. The summed E-state index contributed by atoms with van der Waals surface area (Å²) in [6, 6.07) is 0.0874. The Hall–Kier alpha value is -1.63. The Morgan fingerprint density at radius 3 is 2.60 bits per heavy atom. The van der Waals surface area contributed by atoms with Crippen LogP contribution in [0.4, 0.5) is 4.79 Å². The van der Waals surface area contributed by atoms with Crippen LogP contribution < -0.4 is 10.6 Å². The molecule has 0 aromatic carbocycles. The predicted molar refractivity (Wildman–Crippen MR) is 74.2 cm³/mol. The lowest BCUT2D eigenvalue weighted by atomic mass is 10.0. The quantitative estimate of drug-likeness (QED) is 0.835. The molecule has 1 atom stereocenters. The Morgan fingerprint density at radius 1 is 1.35 bits per heavy atom. The standard InChI is InChI=1S/C13H23N5O2/c1-10(2)12(9-18-14-5-6-15-18)17-13(19)16-11-3-7-20-8-4-11/h5-6,10-12H,3-4,7-9H2,1-2H3,(H2,16,17,19). The molecule has 1 aromatic rings. The van der Waals surface area contributed by atoms with Crippen LogP contribution in [0.1, 0.15) is 26.7 Å². The zero-order valence-corrected chi connectivity index (χ0v) is 12.1. The lowest BCUT2D eigenvalue weighted by Gasteiger charge is -2.26. The van der Waals surface area contributed by atoms with Crippen molar-refractivity contribution in [3.63, 3.8) is 0 Å². The van der Waals surface area contributed by atoms with Crippen molar-refractivity contribution in [3.8, 4) is 0 Å². The van der Waals surface area contributed by atoms with Crippen LogP contribution >= 0.6 is 0 Å². The fraction of sp³-hybridized carbons (Fsp3) is 0.769. The minimum absolute atomic E-state index is 0.00207. The smallest absolute Gasteiger partial charge is 0.315 e. The highest BCUT2D eigenvalue weighted by Crippen LogP contribution is 2.07. The molecule has 0 bridgehead atoms. The first-order chi connectivity index (χ1) is 9.65. The summed E-state index contributed by atoms with van der Waals surface area (Å²) >= 11 is 0. The molecule has 1 aliphatic rings. The van der Waals surface area contributed by atoms with Crippen LogP contribution in [0.5, 0.6) is 0 Å². The Bertz CT molecular complexity index is 401. The molecule has 1 aromatic heterocycles. The highest BCUT2D eigenvalue weighted by molar-refractivity contribution is 5.74. The molecule has 2 heterocycles. The van der Waals surface area contributed by atoms with Crippen molar-refractivity contribution in [3.05, 3.63) is 12.4 Å². The van der Waals surface area contributed by atoms with Crippen molar-refractivity contribution in [1.29, 1.82) is 0 Å². The number of nitrogens with zero attached hydrogens (tertiary/aromatic N) is 3. The van der Waals surface area contributed by atoms with Gasteiger partial charge in [0.25, 0.3) is 0 Å². The molecule has 2 rings (SSSR count). The summed E-state index contributed by atoms with van der Waals surface area (Å²) in [5, 5.41) is 14.2. The molecule has 1 fully saturated rings. The molecule has 20 heavy (non-hydrogen) atoms. The van der Waals surface area contributed by atoms with E-state index in [1.54, 1.807) is 17.2 Å². The molecule has 112 valence electrons. The number of urea groups is 1. The van der Waals surface area contributed by atoms with Gasteiger partial charge in [0.2, 0.25) is 0 Å². The zero-order chi connectivity index (χ0) is 14.4. The van der Waals surface area contributed by atoms with Gasteiger partial charge in [0.05, 0.1) is 25.0 Å². The van der Waals surface area contributed by atoms with Gasteiger partial charge in [-0.1, -0.05) is 13.8 Å². The first-order valence-corrected chi connectivity index (χ1v) is 7.14. The number of aromatic nitrogens is 3. The number of carbonyl (C=O) groups excluding carboxylic acids is 1. The lowest BCUT2D eigenvalue weighted by Crippen LogP contribution is -2.50. The Balaban J connectivity index is 1.82. The second kappa shape index (κ2) is 7.23. The summed E-state index contributed by atoms with van der Waals surface area (Å²) in [5.74, 6) is 0.307. The number of hydrogen-bond donors (Lipinski definition) is 2. The van der Waals surface area contributed by atoms with Crippen molar-refractivity contribution < 1.29 is 9.53 Å². The molecule has 0 saturated carbocycles. The summed E-state index contributed by atoms with van der Waals surface area (Å²) in [7, 11) is 0. The van der Waals surface area contributed by atoms with Crippen LogP contribution in [0.25, 0.3) is 0 Å². The van der Waals surface area contributed by atoms with Crippen LogP contribution in [0, 0.1) is 5.92 Å². The van der Waals surface area contributed by atoms with E-state index >= 15 is 0 Å². The van der Waals surface area contributed by atoms with Crippen LogP contribution in [0.15, 0.2) is 12.4 Å². The van der Waals surface area contributed by atoms with Gasteiger partial charge >= 0.3 is 6.03 Å². The van der Waals surface area contributed by atoms with E-state index in [1.165, 1.54) is 0 Å². The summed E-state index contributed by atoms with van der Waals surface area (Å²) in [6.45, 7) is 6.16. The summed E-state index contributed by atoms with van der Waals surface area (Å²) in [5.41, 5.74) is 0. The van der Waals surface area contributed by atoms with Crippen molar-refractivity contribution in [2.75, 3.05) is 13.2 Å². The fourth-order valence-electron chi connectivity index (χ4n) is 2.17. The topological polar surface area (TPSA) is 81.1 Å². The van der Waals surface area contributed by atoms with E-state index in [0.717, 1.165) is 26.1 Å². The summed E-state index contributed by atoms with van der Waals surface area (Å²) in [4.78, 5) is 13.6. The van der Waals surface area contributed by atoms with Crippen molar-refractivity contribution in [1.82, 2.24) is 25.6 Å². The monoisotopic (exact) mass is 281 g/mol. The Kier molecular flexibility index (Phi) is 5.34. The maximum absolute atomic E-state index is 12.0. The van der Waals surface area contributed by atoms with Crippen LogP contribution in [-0.2, 0) is 11.3 Å². The molecule has 1 unspecified atom stereocenters. The number of ether oxygens (including phenoxy) is 1. The average Bonchev–Trinajstić information content (AvgIpc) is 2.92. The van der Waals surface area contributed by atoms with E-state index in [4.69, 9.17) is 4.74 Å². The largest absolute Gasteiger partial charge is 0.381 e. The molecule has 0 aliphatic carbocycles. The first kappa shape index (κ1) is 14.8. The van der Waals surface area contributed by atoms with Gasteiger partial charge in [-0.15, -0.1) is 0 Å². The normalized spacial score (nSPS) is 17.9. The van der Waals surface area contributed by atoms with E-state index in [1.807, 2.05) is 0 Å². The molecule has 2 N–H and O–H groups in total. The van der Waals surface area contributed by atoms with Gasteiger partial charge in [0.15, 0.2) is 0 Å². The number of nitrogens with one attached hydrogen (secondary N) is 2. The minimum atomic E-state index is -0.122. The highest BCUT2D eigenvalue weighted by atomic mass is 16.5. The number of amides is 2. The molecule has 1 saturated heterocycles. The van der Waals surface area contributed by atoms with Gasteiger partial charge in [0.1, 0.15) is 0 Å². The molecular weight excluding hydrogens is 258 g/mol. The van der Waals surface area contributed by atoms with Gasteiger partial charge < -0.3 is 15.4 Å². The first-order valence-electron chi connectivity index (χ1n) is 7.14. The highest BCUT2D eigenvalue weighted by Gasteiger charge is 2.20. The predicted octanol–water partition coefficient (Wildman–Crippen LogP) is 0.781. The fourth-order valence-corrected chi connectivity index (χ4v) is 2.17. The Labute approximate surface area is 119 Å². The molecule has 7 nitrogen and oxygen atoms in total. The molecular formula is C13H23N5O2. The van der Waals surface area contributed by atoms with E-state index < -0.39 is 0 Å². The lowest BCUT2D eigenvalue weighted by molar-refractivity contribution is 0.0798. The third kappa shape index (κ3) is 4.48. The molecule has 0 spiro atoms. The van der Waals surface area contributed by atoms with Crippen molar-refractivity contribution in [2.45, 2.75) is 45.3 Å². The van der Waals surface area contributed by atoms with Gasteiger partial charge in [-0.3, -0.25) is 0 Å². The Morgan fingerprint density at radius 2 is 2.00 bits per heavy atom. The maximum Gasteiger partial charge on any atom is 0.315 e. The molecule has 7 heteroatoms. The SMILES string of the molecule is CC(C)C(Cn1nccn1)NC(=O)NC1CCOCC1. The van der Waals surface area contributed by atoms with Gasteiger partial charge in [0, 0.05) is 19.3 Å². The van der Waals surface area contributed by atoms with E-state index in [0.29, 0.717) is 12.5 Å². The number of hydrogen-bond acceptors (Lipinski definition) is 4.